The third-order valence-corrected chi connectivity index (χ3v) is 2.43. The van der Waals surface area contributed by atoms with Crippen molar-refractivity contribution in [3.63, 3.8) is 0 Å². The summed E-state index contributed by atoms with van der Waals surface area (Å²) < 4.78 is 0. The van der Waals surface area contributed by atoms with E-state index in [4.69, 9.17) is 5.73 Å². The van der Waals surface area contributed by atoms with Gasteiger partial charge in [-0.1, -0.05) is 11.8 Å². The number of primary amides is 1. The lowest BCUT2D eigenvalue weighted by atomic mass is 10.1. The molecule has 1 aromatic carbocycles. The second kappa shape index (κ2) is 5.15. The minimum atomic E-state index is -0.433. The molecular weight excluding hydrogens is 224 g/mol. The third kappa shape index (κ3) is 2.96. The molecule has 3 nitrogen and oxygen atoms in total. The van der Waals surface area contributed by atoms with Gasteiger partial charge in [0.05, 0.1) is 0 Å². The molecule has 0 aliphatic rings. The fourth-order valence-electron chi connectivity index (χ4n) is 1.40. The molecule has 1 heterocycles. The van der Waals surface area contributed by atoms with Crippen molar-refractivity contribution in [3.8, 4) is 11.8 Å². The molecule has 1 amide bonds. The summed E-state index contributed by atoms with van der Waals surface area (Å²) in [5, 5.41) is 0. The van der Waals surface area contributed by atoms with Gasteiger partial charge in [0.1, 0.15) is 0 Å². The Balaban J connectivity index is 2.19. The van der Waals surface area contributed by atoms with E-state index >= 15 is 0 Å². The van der Waals surface area contributed by atoms with Crippen LogP contribution in [0.1, 0.15) is 27.2 Å². The van der Waals surface area contributed by atoms with Gasteiger partial charge in [0.25, 0.3) is 0 Å². The van der Waals surface area contributed by atoms with Crippen molar-refractivity contribution >= 4 is 5.91 Å². The van der Waals surface area contributed by atoms with Crippen LogP contribution in [0.4, 0.5) is 0 Å². The first-order valence-corrected chi connectivity index (χ1v) is 5.50. The normalized spacial score (nSPS) is 9.39. The highest BCUT2D eigenvalue weighted by atomic mass is 16.1. The van der Waals surface area contributed by atoms with Crippen LogP contribution in [0.15, 0.2) is 42.6 Å². The van der Waals surface area contributed by atoms with Crippen LogP contribution in [-0.4, -0.2) is 10.9 Å². The molecule has 3 heteroatoms. The highest BCUT2D eigenvalue weighted by molar-refractivity contribution is 5.92. The van der Waals surface area contributed by atoms with E-state index in [1.807, 2.05) is 19.1 Å². The number of aromatic nitrogens is 1. The molecule has 2 aromatic rings. The number of benzene rings is 1. The van der Waals surface area contributed by atoms with Crippen molar-refractivity contribution in [2.24, 2.45) is 5.73 Å². The summed E-state index contributed by atoms with van der Waals surface area (Å²) >= 11 is 0. The van der Waals surface area contributed by atoms with Gasteiger partial charge in [0, 0.05) is 28.6 Å². The summed E-state index contributed by atoms with van der Waals surface area (Å²) in [6.07, 6.45) is 1.74. The molecular formula is C15H12N2O. The first kappa shape index (κ1) is 11.9. The lowest BCUT2D eigenvalue weighted by Gasteiger charge is -1.95. The van der Waals surface area contributed by atoms with Crippen molar-refractivity contribution in [1.82, 2.24) is 4.98 Å². The quantitative estimate of drug-likeness (QED) is 0.769. The van der Waals surface area contributed by atoms with Crippen LogP contribution >= 0.6 is 0 Å². The molecule has 2 rings (SSSR count). The Morgan fingerprint density at radius 2 is 1.67 bits per heavy atom. The number of nitrogens with zero attached hydrogens (tertiary/aromatic N) is 1. The van der Waals surface area contributed by atoms with Crippen LogP contribution in [0.5, 0.6) is 0 Å². The second-order valence-corrected chi connectivity index (χ2v) is 3.88. The predicted molar refractivity (Wildman–Crippen MR) is 69.9 cm³/mol. The standard InChI is InChI=1S/C15H12N2O/c1-11-2-3-13(10-17-11)5-4-12-6-8-14(9-7-12)15(16)18/h2-3,6-10H,1H3,(H2,16,18). The van der Waals surface area contributed by atoms with Gasteiger partial charge < -0.3 is 5.73 Å². The van der Waals surface area contributed by atoms with E-state index < -0.39 is 5.91 Å². The molecule has 0 radical (unpaired) electrons. The summed E-state index contributed by atoms with van der Waals surface area (Å²) in [6.45, 7) is 1.93. The fourth-order valence-corrected chi connectivity index (χ4v) is 1.40. The van der Waals surface area contributed by atoms with Gasteiger partial charge in [-0.05, 0) is 43.3 Å². The van der Waals surface area contributed by atoms with E-state index in [9.17, 15) is 4.79 Å². The Labute approximate surface area is 106 Å². The summed E-state index contributed by atoms with van der Waals surface area (Å²) in [5.74, 6) is 5.58. The number of hydrogen-bond donors (Lipinski definition) is 1. The number of rotatable bonds is 1. The Morgan fingerprint density at radius 3 is 2.22 bits per heavy atom. The Hall–Kier alpha value is -2.60. The molecule has 0 spiro atoms. The smallest absolute Gasteiger partial charge is 0.248 e. The van der Waals surface area contributed by atoms with Gasteiger partial charge in [-0.3, -0.25) is 9.78 Å². The molecule has 0 bridgehead atoms. The van der Waals surface area contributed by atoms with Gasteiger partial charge in [0.2, 0.25) is 5.91 Å². The first-order chi connectivity index (χ1) is 8.65. The molecule has 0 fully saturated rings. The Morgan fingerprint density at radius 1 is 1.06 bits per heavy atom. The van der Waals surface area contributed by atoms with E-state index in [1.54, 1.807) is 30.5 Å². The highest BCUT2D eigenvalue weighted by Crippen LogP contribution is 2.03. The lowest BCUT2D eigenvalue weighted by Crippen LogP contribution is -2.10. The van der Waals surface area contributed by atoms with E-state index in [2.05, 4.69) is 16.8 Å². The molecule has 0 aliphatic heterocycles. The fraction of sp³-hybridized carbons (Fsp3) is 0.0667. The number of amides is 1. The maximum atomic E-state index is 10.9. The Kier molecular flexibility index (Phi) is 3.40. The van der Waals surface area contributed by atoms with E-state index in [1.165, 1.54) is 0 Å². The molecule has 0 saturated heterocycles. The number of aryl methyl sites for hydroxylation is 1. The predicted octanol–water partition coefficient (Wildman–Crippen LogP) is 1.89. The number of hydrogen-bond acceptors (Lipinski definition) is 2. The average Bonchev–Trinajstić information content (AvgIpc) is 2.38. The zero-order chi connectivity index (χ0) is 13.0. The molecule has 0 aliphatic carbocycles. The first-order valence-electron chi connectivity index (χ1n) is 5.50. The number of carbonyl (C=O) groups is 1. The number of carbonyl (C=O) groups excluding carboxylic acids is 1. The zero-order valence-electron chi connectivity index (χ0n) is 9.97. The van der Waals surface area contributed by atoms with Crippen LogP contribution in [0.2, 0.25) is 0 Å². The minimum Gasteiger partial charge on any atom is -0.366 e. The summed E-state index contributed by atoms with van der Waals surface area (Å²) in [4.78, 5) is 15.1. The van der Waals surface area contributed by atoms with Crippen molar-refractivity contribution in [2.75, 3.05) is 0 Å². The van der Waals surface area contributed by atoms with Crippen molar-refractivity contribution in [2.45, 2.75) is 6.92 Å². The molecule has 88 valence electrons. The van der Waals surface area contributed by atoms with Crippen molar-refractivity contribution in [3.05, 3.63) is 65.0 Å². The highest BCUT2D eigenvalue weighted by Gasteiger charge is 1.97. The summed E-state index contributed by atoms with van der Waals surface area (Å²) in [5.41, 5.74) is 8.30. The van der Waals surface area contributed by atoms with Gasteiger partial charge in [-0.15, -0.1) is 0 Å². The van der Waals surface area contributed by atoms with Crippen LogP contribution in [0, 0.1) is 18.8 Å². The topological polar surface area (TPSA) is 56.0 Å². The van der Waals surface area contributed by atoms with Crippen molar-refractivity contribution < 1.29 is 4.79 Å². The number of nitrogens with two attached hydrogens (primary N) is 1. The summed E-state index contributed by atoms with van der Waals surface area (Å²) in [7, 11) is 0. The SMILES string of the molecule is Cc1ccc(C#Cc2ccc(C(N)=O)cc2)cn1. The molecule has 1 aromatic heterocycles. The molecule has 18 heavy (non-hydrogen) atoms. The average molecular weight is 236 g/mol. The van der Waals surface area contributed by atoms with Crippen LogP contribution in [0.25, 0.3) is 0 Å². The maximum Gasteiger partial charge on any atom is 0.248 e. The maximum absolute atomic E-state index is 10.9. The molecule has 2 N–H and O–H groups in total. The minimum absolute atomic E-state index is 0.433. The molecule has 0 atom stereocenters. The van der Waals surface area contributed by atoms with E-state index in [-0.39, 0.29) is 0 Å². The van der Waals surface area contributed by atoms with E-state index in [0.29, 0.717) is 5.56 Å². The second-order valence-electron chi connectivity index (χ2n) is 3.88. The van der Waals surface area contributed by atoms with Gasteiger partial charge in [-0.2, -0.15) is 0 Å². The molecule has 0 saturated carbocycles. The number of pyridine rings is 1. The van der Waals surface area contributed by atoms with Crippen LogP contribution in [-0.2, 0) is 0 Å². The monoisotopic (exact) mass is 236 g/mol. The third-order valence-electron chi connectivity index (χ3n) is 2.43. The molecule has 0 unspecified atom stereocenters. The summed E-state index contributed by atoms with van der Waals surface area (Å²) in [6, 6.07) is 10.7. The van der Waals surface area contributed by atoms with Crippen LogP contribution in [0.3, 0.4) is 0 Å². The van der Waals surface area contributed by atoms with E-state index in [0.717, 1.165) is 16.8 Å². The lowest BCUT2D eigenvalue weighted by molar-refractivity contribution is 0.100. The van der Waals surface area contributed by atoms with Gasteiger partial charge in [-0.25, -0.2) is 0 Å². The van der Waals surface area contributed by atoms with Crippen LogP contribution < -0.4 is 5.73 Å². The Bertz CT molecular complexity index is 616. The largest absolute Gasteiger partial charge is 0.366 e. The zero-order valence-corrected chi connectivity index (χ0v) is 9.97. The van der Waals surface area contributed by atoms with Crippen molar-refractivity contribution in [1.29, 1.82) is 0 Å². The van der Waals surface area contributed by atoms with Gasteiger partial charge >= 0.3 is 0 Å². The van der Waals surface area contributed by atoms with Gasteiger partial charge in [0.15, 0.2) is 0 Å².